The van der Waals surface area contributed by atoms with Gasteiger partial charge in [-0.05, 0) is 64.1 Å². The zero-order valence-electron chi connectivity index (χ0n) is 20.7. The minimum atomic E-state index is 0.0956. The summed E-state index contributed by atoms with van der Waals surface area (Å²) < 4.78 is 2.25. The summed E-state index contributed by atoms with van der Waals surface area (Å²) in [6.07, 6.45) is 21.2. The molecule has 0 bridgehead atoms. The quantitative estimate of drug-likeness (QED) is 0.165. The number of carbonyl (C=O) groups excluding carboxylic acids is 1. The zero-order chi connectivity index (χ0) is 24.7. The molecule has 0 saturated carbocycles. The van der Waals surface area contributed by atoms with E-state index < -0.39 is 0 Å². The van der Waals surface area contributed by atoms with Crippen LogP contribution in [0.15, 0.2) is 85.5 Å². The average Bonchev–Trinajstić information content (AvgIpc) is 3.20. The highest BCUT2D eigenvalue weighted by Crippen LogP contribution is 2.38. The first-order valence-corrected chi connectivity index (χ1v) is 12.8. The SMILES string of the molecule is CCCCCC[n+]1ccc(/C=C/c2ccc3c(c2)C(=O)c2cc(/C=C/c4ccncc4)ccc2-3)cc1. The molecule has 1 aliphatic rings. The molecule has 0 atom stereocenters. The van der Waals surface area contributed by atoms with E-state index in [9.17, 15) is 4.79 Å². The number of aryl methyl sites for hydroxylation is 1. The molecule has 0 amide bonds. The van der Waals surface area contributed by atoms with Crippen molar-refractivity contribution in [3.8, 4) is 11.1 Å². The Balaban J connectivity index is 1.28. The molecule has 0 N–H and O–H groups in total. The summed E-state index contributed by atoms with van der Waals surface area (Å²) >= 11 is 0. The molecule has 2 aromatic heterocycles. The summed E-state index contributed by atoms with van der Waals surface area (Å²) in [6.45, 7) is 3.31. The maximum atomic E-state index is 13.2. The van der Waals surface area contributed by atoms with E-state index in [-0.39, 0.29) is 5.78 Å². The summed E-state index contributed by atoms with van der Waals surface area (Å²) in [5, 5.41) is 0. The van der Waals surface area contributed by atoms with Crippen LogP contribution in [0.25, 0.3) is 35.4 Å². The van der Waals surface area contributed by atoms with Crippen LogP contribution in [0.5, 0.6) is 0 Å². The van der Waals surface area contributed by atoms with E-state index in [1.165, 1.54) is 25.7 Å². The molecule has 2 aromatic carbocycles. The molecular weight excluding hydrogens is 440 g/mol. The summed E-state index contributed by atoms with van der Waals surface area (Å²) in [5.41, 5.74) is 7.86. The lowest BCUT2D eigenvalue weighted by atomic mass is 10.0. The smallest absolute Gasteiger partial charge is 0.194 e. The number of unbranched alkanes of at least 4 members (excludes halogenated alkanes) is 3. The molecule has 36 heavy (non-hydrogen) atoms. The molecule has 1 aliphatic carbocycles. The van der Waals surface area contributed by atoms with Crippen LogP contribution in [-0.2, 0) is 6.54 Å². The maximum Gasteiger partial charge on any atom is 0.194 e. The number of nitrogens with zero attached hydrogens (tertiary/aromatic N) is 2. The third kappa shape index (κ3) is 5.41. The van der Waals surface area contributed by atoms with E-state index in [2.05, 4.69) is 77.4 Å². The van der Waals surface area contributed by atoms with E-state index in [1.807, 2.05) is 36.4 Å². The Morgan fingerprint density at radius 1 is 0.639 bits per heavy atom. The van der Waals surface area contributed by atoms with E-state index in [1.54, 1.807) is 12.4 Å². The molecule has 0 spiro atoms. The fraction of sp³-hybridized carbons (Fsp3) is 0.182. The van der Waals surface area contributed by atoms with Gasteiger partial charge in [-0.2, -0.15) is 0 Å². The van der Waals surface area contributed by atoms with Crippen LogP contribution in [0.3, 0.4) is 0 Å². The zero-order valence-corrected chi connectivity index (χ0v) is 20.7. The first-order chi connectivity index (χ1) is 17.7. The van der Waals surface area contributed by atoms with Crippen LogP contribution in [-0.4, -0.2) is 10.8 Å². The molecule has 0 fully saturated rings. The topological polar surface area (TPSA) is 33.8 Å². The van der Waals surface area contributed by atoms with Gasteiger partial charge in [0, 0.05) is 42.1 Å². The van der Waals surface area contributed by atoms with E-state index in [4.69, 9.17) is 0 Å². The number of hydrogen-bond donors (Lipinski definition) is 0. The average molecular weight is 472 g/mol. The van der Waals surface area contributed by atoms with Crippen molar-refractivity contribution in [1.29, 1.82) is 0 Å². The molecule has 3 heteroatoms. The molecule has 4 aromatic rings. The lowest BCUT2D eigenvalue weighted by molar-refractivity contribution is -0.697. The van der Waals surface area contributed by atoms with Gasteiger partial charge in [0.2, 0.25) is 0 Å². The Morgan fingerprint density at radius 2 is 1.19 bits per heavy atom. The van der Waals surface area contributed by atoms with Crippen LogP contribution in [0.4, 0.5) is 0 Å². The Labute approximate surface area is 213 Å². The van der Waals surface area contributed by atoms with Crippen molar-refractivity contribution >= 4 is 30.1 Å². The van der Waals surface area contributed by atoms with Gasteiger partial charge in [-0.15, -0.1) is 0 Å². The van der Waals surface area contributed by atoms with Crippen molar-refractivity contribution in [3.05, 3.63) is 119 Å². The van der Waals surface area contributed by atoms with Crippen molar-refractivity contribution in [2.45, 2.75) is 39.2 Å². The third-order valence-electron chi connectivity index (χ3n) is 6.70. The van der Waals surface area contributed by atoms with Crippen LogP contribution >= 0.6 is 0 Å². The number of fused-ring (bicyclic) bond motifs is 3. The van der Waals surface area contributed by atoms with Gasteiger partial charge < -0.3 is 0 Å². The Morgan fingerprint density at radius 3 is 1.78 bits per heavy atom. The second kappa shape index (κ2) is 11.1. The second-order valence-corrected chi connectivity index (χ2v) is 9.32. The molecule has 0 aliphatic heterocycles. The molecule has 2 heterocycles. The summed E-state index contributed by atoms with van der Waals surface area (Å²) in [5.74, 6) is 0.0956. The van der Waals surface area contributed by atoms with Crippen LogP contribution in [0.1, 0.15) is 70.8 Å². The van der Waals surface area contributed by atoms with Gasteiger partial charge in [0.15, 0.2) is 18.2 Å². The minimum Gasteiger partial charge on any atom is -0.289 e. The highest BCUT2D eigenvalue weighted by molar-refractivity contribution is 6.22. The van der Waals surface area contributed by atoms with Gasteiger partial charge in [0.1, 0.15) is 6.54 Å². The van der Waals surface area contributed by atoms with Gasteiger partial charge in [0.25, 0.3) is 0 Å². The molecular formula is C33H31N2O+. The van der Waals surface area contributed by atoms with Gasteiger partial charge in [-0.25, -0.2) is 4.57 Å². The van der Waals surface area contributed by atoms with Gasteiger partial charge in [-0.1, -0.05) is 68.3 Å². The van der Waals surface area contributed by atoms with E-state index in [0.29, 0.717) is 0 Å². The number of carbonyl (C=O) groups is 1. The first-order valence-electron chi connectivity index (χ1n) is 12.8. The molecule has 5 rings (SSSR count). The normalized spacial score (nSPS) is 12.4. The number of rotatable bonds is 9. The monoisotopic (exact) mass is 471 g/mol. The van der Waals surface area contributed by atoms with Gasteiger partial charge >= 0.3 is 0 Å². The number of benzene rings is 2. The van der Waals surface area contributed by atoms with Crippen molar-refractivity contribution < 1.29 is 9.36 Å². The lowest BCUT2D eigenvalue weighted by Gasteiger charge is -2.02. The fourth-order valence-corrected chi connectivity index (χ4v) is 4.63. The fourth-order valence-electron chi connectivity index (χ4n) is 4.63. The van der Waals surface area contributed by atoms with E-state index >= 15 is 0 Å². The van der Waals surface area contributed by atoms with Gasteiger partial charge in [-0.3, -0.25) is 9.78 Å². The third-order valence-corrected chi connectivity index (χ3v) is 6.70. The Hall–Kier alpha value is -4.11. The standard InChI is InChI=1S/C33H31N2O/c1-2-3-4-5-20-35-21-16-26(17-22-35)7-9-28-11-13-30-29-12-10-27(8-6-25-14-18-34-19-15-25)23-31(29)33(36)32(30)24-28/h6-19,21-24H,2-5,20H2,1H3/q+1/b8-6+,9-7+. The highest BCUT2D eigenvalue weighted by atomic mass is 16.1. The highest BCUT2D eigenvalue weighted by Gasteiger charge is 2.26. The largest absolute Gasteiger partial charge is 0.289 e. The molecule has 0 radical (unpaired) electrons. The summed E-state index contributed by atoms with van der Waals surface area (Å²) in [6, 6.07) is 20.5. The van der Waals surface area contributed by atoms with Crippen LogP contribution < -0.4 is 4.57 Å². The molecule has 0 unspecified atom stereocenters. The van der Waals surface area contributed by atoms with Crippen molar-refractivity contribution in [2.24, 2.45) is 0 Å². The van der Waals surface area contributed by atoms with Crippen LogP contribution in [0, 0.1) is 0 Å². The number of aromatic nitrogens is 2. The Kier molecular flexibility index (Phi) is 7.28. The van der Waals surface area contributed by atoms with Crippen molar-refractivity contribution in [1.82, 2.24) is 4.98 Å². The lowest BCUT2D eigenvalue weighted by Crippen LogP contribution is -2.32. The first kappa shape index (κ1) is 23.6. The molecule has 178 valence electrons. The molecule has 3 nitrogen and oxygen atoms in total. The molecule has 0 saturated heterocycles. The maximum absolute atomic E-state index is 13.2. The minimum absolute atomic E-state index is 0.0956. The van der Waals surface area contributed by atoms with Crippen molar-refractivity contribution in [3.63, 3.8) is 0 Å². The summed E-state index contributed by atoms with van der Waals surface area (Å²) in [7, 11) is 0. The summed E-state index contributed by atoms with van der Waals surface area (Å²) in [4.78, 5) is 17.3. The number of ketones is 1. The van der Waals surface area contributed by atoms with Gasteiger partial charge in [0.05, 0.1) is 0 Å². The Bertz CT molecular complexity index is 1420. The second-order valence-electron chi connectivity index (χ2n) is 9.32. The van der Waals surface area contributed by atoms with Crippen LogP contribution in [0.2, 0.25) is 0 Å². The predicted octanol–water partition coefficient (Wildman–Crippen LogP) is 7.50. The van der Waals surface area contributed by atoms with Crippen molar-refractivity contribution in [2.75, 3.05) is 0 Å². The number of pyridine rings is 2. The van der Waals surface area contributed by atoms with E-state index in [0.717, 1.165) is 51.1 Å². The number of hydrogen-bond acceptors (Lipinski definition) is 2. The predicted molar refractivity (Wildman–Crippen MR) is 148 cm³/mol.